The van der Waals surface area contributed by atoms with Crippen molar-refractivity contribution >= 4 is 33.7 Å². The van der Waals surface area contributed by atoms with Crippen molar-refractivity contribution in [2.45, 2.75) is 6.54 Å². The van der Waals surface area contributed by atoms with Crippen LogP contribution >= 0.6 is 0 Å². The van der Waals surface area contributed by atoms with E-state index in [0.29, 0.717) is 18.2 Å². The molecule has 6 nitrogen and oxygen atoms in total. The zero-order chi connectivity index (χ0) is 50.4. The van der Waals surface area contributed by atoms with Crippen LogP contribution in [-0.4, -0.2) is 16.1 Å². The second kappa shape index (κ2) is 18.9. The molecule has 7 rings (SSSR count). The summed E-state index contributed by atoms with van der Waals surface area (Å²) in [7, 11) is 0. The van der Waals surface area contributed by atoms with Crippen LogP contribution in [0.4, 0.5) is 93.5 Å². The molecule has 27 heteroatoms. The number of halogens is 20. The molecule has 6 aromatic carbocycles. The van der Waals surface area contributed by atoms with Crippen molar-refractivity contribution in [3.8, 4) is 11.6 Å². The molecule has 0 aliphatic heterocycles. The Morgan fingerprint density at radius 1 is 0.471 bits per heavy atom. The molecule has 0 fully saturated rings. The van der Waals surface area contributed by atoms with E-state index in [1.54, 1.807) is 24.5 Å². The number of hydrogen-bond acceptors (Lipinski definition) is 4. The van der Waals surface area contributed by atoms with Crippen LogP contribution in [0.3, 0.4) is 0 Å². The minimum Gasteiger partial charge on any atom is -0.434 e. The molecule has 1 aromatic heterocycles. The first-order chi connectivity index (χ1) is 31.9. The van der Waals surface area contributed by atoms with Gasteiger partial charge in [0.05, 0.1) is 17.2 Å². The summed E-state index contributed by atoms with van der Waals surface area (Å²) in [5.74, 6) is -70.6. The Labute approximate surface area is 364 Å². The molecule has 0 atom stereocenters. The van der Waals surface area contributed by atoms with Crippen LogP contribution in [0, 0.1) is 126 Å². The molecule has 7 aromatic rings. The zero-order valence-electron chi connectivity index (χ0n) is 32.3. The summed E-state index contributed by atoms with van der Waals surface area (Å²) in [5, 5.41) is 10.8. The number of non-ortho nitro benzene ring substituents is 1. The second-order valence-corrected chi connectivity index (χ2v) is 13.7. The summed E-state index contributed by atoms with van der Waals surface area (Å²) >= 11 is 0. The average molecular weight is 987 g/mol. The van der Waals surface area contributed by atoms with Gasteiger partial charge in [-0.15, -0.1) is 21.9 Å². The highest BCUT2D eigenvalue weighted by Gasteiger charge is 2.52. The van der Waals surface area contributed by atoms with E-state index in [1.807, 2.05) is 41.1 Å². The van der Waals surface area contributed by atoms with Crippen LogP contribution in [0.1, 0.15) is 5.56 Å². The van der Waals surface area contributed by atoms with E-state index < -0.39 is 149 Å². The van der Waals surface area contributed by atoms with Crippen molar-refractivity contribution < 1.29 is 102 Å². The van der Waals surface area contributed by atoms with Crippen molar-refractivity contribution in [1.29, 1.82) is 0 Å². The average Bonchev–Trinajstić information content (AvgIpc) is 3.32. The van der Waals surface area contributed by atoms with Gasteiger partial charge in [0, 0.05) is 11.6 Å². The number of nitro groups is 1. The molecule has 0 aliphatic rings. The van der Waals surface area contributed by atoms with Crippen LogP contribution in [-0.2, 0) is 6.54 Å². The third-order valence-electron chi connectivity index (χ3n) is 9.90. The normalized spacial score (nSPS) is 11.4. The highest BCUT2D eigenvalue weighted by atomic mass is 19.2. The van der Waals surface area contributed by atoms with Gasteiger partial charge >= 0.3 is 0 Å². The highest BCUT2D eigenvalue weighted by molar-refractivity contribution is 7.20. The summed E-state index contributed by atoms with van der Waals surface area (Å²) in [6.45, 7) is 0.689. The number of rotatable bonds is 9. The number of nitro benzene ring substituents is 1. The van der Waals surface area contributed by atoms with Crippen LogP contribution in [0.5, 0.6) is 11.6 Å². The molecule has 0 amide bonds. The fourth-order valence-electron chi connectivity index (χ4n) is 7.01. The Morgan fingerprint density at radius 3 is 1.15 bits per heavy atom. The quantitative estimate of drug-likeness (QED) is 0.0276. The molecule has 354 valence electrons. The van der Waals surface area contributed by atoms with E-state index in [-0.39, 0.29) is 5.69 Å². The van der Waals surface area contributed by atoms with E-state index in [0.717, 1.165) is 5.56 Å². The van der Waals surface area contributed by atoms with Gasteiger partial charge in [-0.3, -0.25) is 10.1 Å². The summed E-state index contributed by atoms with van der Waals surface area (Å²) in [6, 6.07) is 16.0. The third kappa shape index (κ3) is 8.24. The van der Waals surface area contributed by atoms with Crippen molar-refractivity contribution in [2.24, 2.45) is 0 Å². The monoisotopic (exact) mass is 987 g/mol. The summed E-state index contributed by atoms with van der Waals surface area (Å²) < 4.78 is 302. The van der Waals surface area contributed by atoms with Gasteiger partial charge in [-0.1, -0.05) is 36.4 Å². The molecule has 0 bridgehead atoms. The minimum absolute atomic E-state index is 0.0180. The Bertz CT molecular complexity index is 2800. The first-order valence-corrected chi connectivity index (χ1v) is 18.0. The lowest BCUT2D eigenvalue weighted by Crippen LogP contribution is -2.81. The SMILES string of the molecule is Fc1c(F)c(F)c([B-](c2c(F)c(F)c(F)c(F)c2F)(c2c(F)c(F)c(F)c(F)c2F)c2c(F)c(F)c(F)c(F)c2F)c(F)c1F.O=[N+]([O-])c1cccc(Oc2c[n+](Cc3ccccc3)ccn2)c1. The summed E-state index contributed by atoms with van der Waals surface area (Å²) in [4.78, 5) is 14.5. The van der Waals surface area contributed by atoms with Gasteiger partial charge < -0.3 is 4.74 Å². The Kier molecular flexibility index (Phi) is 13.8. The largest absolute Gasteiger partial charge is 0.434 e. The lowest BCUT2D eigenvalue weighted by atomic mass is 9.12. The van der Waals surface area contributed by atoms with Crippen LogP contribution in [0.2, 0.25) is 0 Å². The Morgan fingerprint density at radius 2 is 0.809 bits per heavy atom. The fraction of sp³-hybridized carbons (Fsp3) is 0.0244. The lowest BCUT2D eigenvalue weighted by molar-refractivity contribution is -0.689. The number of aromatic nitrogens is 2. The molecule has 0 unspecified atom stereocenters. The van der Waals surface area contributed by atoms with Crippen molar-refractivity contribution in [3.05, 3.63) is 205 Å². The highest BCUT2D eigenvalue weighted by Crippen LogP contribution is 2.31. The maximum Gasteiger partial charge on any atom is 0.285 e. The first kappa shape index (κ1) is 49.7. The molecular formula is C41H14BF20N3O3. The molecule has 0 saturated carbocycles. The van der Waals surface area contributed by atoms with E-state index in [9.17, 15) is 62.8 Å². The third-order valence-corrected chi connectivity index (χ3v) is 9.90. The van der Waals surface area contributed by atoms with Crippen LogP contribution < -0.4 is 31.2 Å². The van der Waals surface area contributed by atoms with Crippen LogP contribution in [0.25, 0.3) is 0 Å². The minimum atomic E-state index is -7.22. The Hall–Kier alpha value is -7.74. The second-order valence-electron chi connectivity index (χ2n) is 13.7. The molecule has 0 aliphatic carbocycles. The van der Waals surface area contributed by atoms with E-state index in [1.165, 1.54) is 12.1 Å². The molecular weight excluding hydrogens is 973 g/mol. The number of benzene rings is 6. The maximum absolute atomic E-state index is 15.4. The zero-order valence-corrected chi connectivity index (χ0v) is 32.3. The Balaban J connectivity index is 0.000000276. The van der Waals surface area contributed by atoms with Gasteiger partial charge in [0.2, 0.25) is 6.20 Å². The van der Waals surface area contributed by atoms with E-state index in [2.05, 4.69) is 4.98 Å². The summed E-state index contributed by atoms with van der Waals surface area (Å²) in [6.07, 6.45) is -1.99. The summed E-state index contributed by atoms with van der Waals surface area (Å²) in [5.41, 5.74) is -13.2. The van der Waals surface area contributed by atoms with Gasteiger partial charge in [-0.2, -0.15) is 4.57 Å². The smallest absolute Gasteiger partial charge is 0.285 e. The predicted octanol–water partition coefficient (Wildman–Crippen LogP) is 8.96. The number of hydrogen-bond donors (Lipinski definition) is 0. The molecule has 1 heterocycles. The van der Waals surface area contributed by atoms with E-state index in [4.69, 9.17) is 4.74 Å². The molecule has 0 radical (unpaired) electrons. The topological polar surface area (TPSA) is 69.1 Å². The van der Waals surface area contributed by atoms with Crippen molar-refractivity contribution in [2.75, 3.05) is 0 Å². The van der Waals surface area contributed by atoms with Gasteiger partial charge in [-0.05, 0) is 6.07 Å². The van der Waals surface area contributed by atoms with Gasteiger partial charge in [-0.25, -0.2) is 92.8 Å². The van der Waals surface area contributed by atoms with Crippen LogP contribution in [0.15, 0.2) is 73.2 Å². The number of ether oxygens (including phenoxy) is 1. The molecule has 68 heavy (non-hydrogen) atoms. The van der Waals surface area contributed by atoms with Gasteiger partial charge in [0.15, 0.2) is 82.5 Å². The van der Waals surface area contributed by atoms with Gasteiger partial charge in [0.1, 0.15) is 58.4 Å². The molecule has 0 N–H and O–H groups in total. The molecule has 0 saturated heterocycles. The molecule has 0 spiro atoms. The van der Waals surface area contributed by atoms with Gasteiger partial charge in [0.25, 0.3) is 11.6 Å². The first-order valence-electron chi connectivity index (χ1n) is 18.0. The van der Waals surface area contributed by atoms with Crippen molar-refractivity contribution in [1.82, 2.24) is 4.98 Å². The fourth-order valence-corrected chi connectivity index (χ4v) is 7.01. The number of nitrogens with zero attached hydrogens (tertiary/aromatic N) is 3. The lowest BCUT2D eigenvalue weighted by Gasteiger charge is -2.44. The standard InChI is InChI=1S/C24BF20.C17H14N3O3/c26-5-1(6(27)14(35)21(42)13(5)34)25(2-7(28)15(36)22(43)16(37)8(2)29,3-9(30)17(38)23(44)18(39)10(3)31)4-11(32)19(40)24(45)20(41)12(4)33;21-20(22)15-7-4-8-16(11-15)23-17-13-19(10-9-18-17)12-14-5-2-1-3-6-14/h;1-11,13H,12H2/q-1;+1. The maximum atomic E-state index is 15.4. The predicted molar refractivity (Wildman–Crippen MR) is 192 cm³/mol. The van der Waals surface area contributed by atoms with E-state index >= 15 is 35.1 Å². The van der Waals surface area contributed by atoms with Crippen molar-refractivity contribution in [3.63, 3.8) is 0 Å².